The van der Waals surface area contributed by atoms with Crippen LogP contribution in [-0.2, 0) is 24.0 Å². The first-order valence-electron chi connectivity index (χ1n) is 12.6. The lowest BCUT2D eigenvalue weighted by Crippen LogP contribution is -2.62. The summed E-state index contributed by atoms with van der Waals surface area (Å²) in [5.74, 6) is -11.1. The van der Waals surface area contributed by atoms with Crippen LogP contribution in [0.1, 0.15) is 54.6 Å². The Morgan fingerprint density at radius 1 is 0.977 bits per heavy atom. The van der Waals surface area contributed by atoms with E-state index in [2.05, 4.69) is 4.98 Å². The van der Waals surface area contributed by atoms with E-state index in [4.69, 9.17) is 31.3 Å². The molecule has 2 heterocycles. The molecule has 9 N–H and O–H groups in total. The molecule has 1 saturated heterocycles. The van der Waals surface area contributed by atoms with Gasteiger partial charge in [0.15, 0.2) is 11.3 Å². The normalized spacial score (nSPS) is 17.7. The van der Waals surface area contributed by atoms with Crippen LogP contribution in [0.5, 0.6) is 0 Å². The SMILES string of the molecule is Cc1cc[nH]c1C(=O)CC(C(=O)O)[C@@]1(C(=O)O)CCCN1C(=O)[C@@H](N)CCCCN.O=C(O)C(F)(F)F.O=C(O)C(F)(F)F. The fourth-order valence-corrected chi connectivity index (χ4v) is 4.21. The Hall–Kier alpha value is -4.20. The predicted molar refractivity (Wildman–Crippen MR) is 135 cm³/mol. The van der Waals surface area contributed by atoms with E-state index in [1.807, 2.05) is 0 Å². The molecular formula is C24H32F6N4O10. The van der Waals surface area contributed by atoms with Gasteiger partial charge in [0.2, 0.25) is 5.91 Å². The van der Waals surface area contributed by atoms with Gasteiger partial charge in [-0.15, -0.1) is 0 Å². The van der Waals surface area contributed by atoms with E-state index >= 15 is 0 Å². The van der Waals surface area contributed by atoms with Crippen molar-refractivity contribution in [3.63, 3.8) is 0 Å². The van der Waals surface area contributed by atoms with Gasteiger partial charge in [-0.2, -0.15) is 26.3 Å². The molecular weight excluding hydrogens is 618 g/mol. The van der Waals surface area contributed by atoms with Crippen molar-refractivity contribution in [3.05, 3.63) is 23.5 Å². The average Bonchev–Trinajstić information content (AvgIpc) is 3.53. The summed E-state index contributed by atoms with van der Waals surface area (Å²) in [6, 6.07) is 0.714. The van der Waals surface area contributed by atoms with Gasteiger partial charge in [0.1, 0.15) is 0 Å². The Balaban J connectivity index is 0.00000109. The predicted octanol–water partition coefficient (Wildman–Crippen LogP) is 1.77. The fraction of sp³-hybridized carbons (Fsp3) is 0.583. The second kappa shape index (κ2) is 16.6. The van der Waals surface area contributed by atoms with Gasteiger partial charge < -0.3 is 41.8 Å². The number of nitrogens with zero attached hydrogens (tertiary/aromatic N) is 1. The Kier molecular flexibility index (Phi) is 15.0. The smallest absolute Gasteiger partial charge is 0.481 e. The van der Waals surface area contributed by atoms with E-state index < -0.39 is 71.8 Å². The number of hydrogen-bond acceptors (Lipinski definition) is 8. The monoisotopic (exact) mass is 650 g/mol. The molecule has 1 unspecified atom stereocenters. The molecule has 3 atom stereocenters. The largest absolute Gasteiger partial charge is 0.490 e. The highest BCUT2D eigenvalue weighted by Gasteiger charge is 2.58. The molecule has 20 heteroatoms. The number of carbonyl (C=O) groups is 6. The third kappa shape index (κ3) is 11.1. The van der Waals surface area contributed by atoms with Crippen LogP contribution in [0, 0.1) is 12.8 Å². The minimum absolute atomic E-state index is 0.0580. The van der Waals surface area contributed by atoms with Crippen LogP contribution < -0.4 is 11.5 Å². The summed E-state index contributed by atoms with van der Waals surface area (Å²) < 4.78 is 63.5. The Morgan fingerprint density at radius 2 is 1.48 bits per heavy atom. The van der Waals surface area contributed by atoms with Gasteiger partial charge in [-0.05, 0) is 50.8 Å². The number of carbonyl (C=O) groups excluding carboxylic acids is 2. The van der Waals surface area contributed by atoms with Crippen LogP contribution in [0.3, 0.4) is 0 Å². The van der Waals surface area contributed by atoms with Crippen LogP contribution in [0.15, 0.2) is 12.3 Å². The number of nitrogens with one attached hydrogen (secondary N) is 1. The van der Waals surface area contributed by atoms with Crippen molar-refractivity contribution in [2.24, 2.45) is 17.4 Å². The van der Waals surface area contributed by atoms with Crippen LogP contribution in [0.4, 0.5) is 26.3 Å². The highest BCUT2D eigenvalue weighted by molar-refractivity contribution is 6.00. The summed E-state index contributed by atoms with van der Waals surface area (Å²) in [4.78, 5) is 71.8. The number of Topliss-reactive ketones (excluding diaryl/α,β-unsaturated/α-hetero) is 1. The lowest BCUT2D eigenvalue weighted by molar-refractivity contribution is -0.193. The van der Waals surface area contributed by atoms with Crippen molar-refractivity contribution >= 4 is 35.6 Å². The lowest BCUT2D eigenvalue weighted by Gasteiger charge is -2.40. The quantitative estimate of drug-likeness (QED) is 0.103. The molecule has 0 radical (unpaired) electrons. The highest BCUT2D eigenvalue weighted by atomic mass is 19.4. The molecule has 1 amide bonds. The van der Waals surface area contributed by atoms with Crippen LogP contribution in [0.25, 0.3) is 0 Å². The number of hydrogen-bond donors (Lipinski definition) is 7. The second-order valence-electron chi connectivity index (χ2n) is 9.37. The van der Waals surface area contributed by atoms with E-state index in [9.17, 15) is 55.7 Å². The molecule has 1 aliphatic rings. The molecule has 250 valence electrons. The number of nitrogens with two attached hydrogens (primary N) is 2. The molecule has 14 nitrogen and oxygen atoms in total. The van der Waals surface area contributed by atoms with Crippen LogP contribution in [0.2, 0.25) is 0 Å². The zero-order valence-corrected chi connectivity index (χ0v) is 23.1. The second-order valence-corrected chi connectivity index (χ2v) is 9.37. The van der Waals surface area contributed by atoms with Crippen molar-refractivity contribution in [1.82, 2.24) is 9.88 Å². The van der Waals surface area contributed by atoms with E-state index in [0.29, 0.717) is 37.8 Å². The number of alkyl halides is 6. The number of likely N-dealkylation sites (tertiary alicyclic amines) is 1. The summed E-state index contributed by atoms with van der Waals surface area (Å²) in [7, 11) is 0. The first-order valence-corrected chi connectivity index (χ1v) is 12.6. The first kappa shape index (κ1) is 39.8. The van der Waals surface area contributed by atoms with Gasteiger partial charge in [0.05, 0.1) is 17.7 Å². The molecule has 0 aliphatic carbocycles. The number of aryl methyl sites for hydroxylation is 1. The molecule has 1 fully saturated rings. The number of amides is 1. The maximum atomic E-state index is 13.0. The third-order valence-corrected chi connectivity index (χ3v) is 6.33. The minimum atomic E-state index is -5.08. The first-order chi connectivity index (χ1) is 20.0. The average molecular weight is 651 g/mol. The van der Waals surface area contributed by atoms with E-state index in [0.717, 1.165) is 4.90 Å². The van der Waals surface area contributed by atoms with Crippen molar-refractivity contribution in [2.45, 2.75) is 69.4 Å². The van der Waals surface area contributed by atoms with Gasteiger partial charge in [0, 0.05) is 19.2 Å². The van der Waals surface area contributed by atoms with E-state index in [-0.39, 0.29) is 18.7 Å². The molecule has 0 saturated carbocycles. The minimum Gasteiger partial charge on any atom is -0.481 e. The van der Waals surface area contributed by atoms with Crippen molar-refractivity contribution in [1.29, 1.82) is 0 Å². The topological polar surface area (TPSA) is 254 Å². The lowest BCUT2D eigenvalue weighted by atomic mass is 9.77. The fourth-order valence-electron chi connectivity index (χ4n) is 4.21. The number of H-pyrrole nitrogens is 1. The Bertz CT molecular complexity index is 1160. The molecule has 44 heavy (non-hydrogen) atoms. The van der Waals surface area contributed by atoms with Crippen molar-refractivity contribution < 1.29 is 75.5 Å². The maximum Gasteiger partial charge on any atom is 0.490 e. The van der Waals surface area contributed by atoms with Crippen molar-refractivity contribution in [3.8, 4) is 0 Å². The number of aromatic amines is 1. The Morgan fingerprint density at radius 3 is 1.84 bits per heavy atom. The van der Waals surface area contributed by atoms with Crippen LogP contribution in [-0.4, -0.2) is 103 Å². The van der Waals surface area contributed by atoms with E-state index in [1.54, 1.807) is 19.2 Å². The number of carboxylic acid groups (broad SMARTS) is 4. The van der Waals surface area contributed by atoms with Crippen molar-refractivity contribution in [2.75, 3.05) is 13.1 Å². The summed E-state index contributed by atoms with van der Waals surface area (Å²) in [6.07, 6.45) is -7.31. The zero-order chi connectivity index (χ0) is 34.6. The summed E-state index contributed by atoms with van der Waals surface area (Å²) in [6.45, 7) is 2.22. The number of rotatable bonds is 11. The molecule has 1 aliphatic heterocycles. The van der Waals surface area contributed by atoms with Gasteiger partial charge in [-0.1, -0.05) is 6.42 Å². The van der Waals surface area contributed by atoms with Gasteiger partial charge in [-0.25, -0.2) is 14.4 Å². The van der Waals surface area contributed by atoms with Gasteiger partial charge in [-0.3, -0.25) is 14.4 Å². The molecule has 1 aromatic heterocycles. The molecule has 0 bridgehead atoms. The number of unbranched alkanes of at least 4 members (excludes halogenated alkanes) is 1. The zero-order valence-electron chi connectivity index (χ0n) is 23.1. The number of carboxylic acids is 4. The number of ketones is 1. The maximum absolute atomic E-state index is 13.0. The molecule has 0 spiro atoms. The van der Waals surface area contributed by atoms with Gasteiger partial charge >= 0.3 is 36.2 Å². The Labute approximate surface area is 245 Å². The molecule has 2 rings (SSSR count). The van der Waals surface area contributed by atoms with Gasteiger partial charge in [0.25, 0.3) is 0 Å². The van der Waals surface area contributed by atoms with Crippen LogP contribution >= 0.6 is 0 Å². The summed E-state index contributed by atoms with van der Waals surface area (Å²) in [5, 5.41) is 34.2. The summed E-state index contributed by atoms with van der Waals surface area (Å²) >= 11 is 0. The number of aromatic nitrogens is 1. The standard InChI is InChI=1S/C20H30N4O6.2C2HF3O2/c1-12-6-9-23-16(12)15(25)11-13(18(27)28)20(19(29)30)7-4-10-24(20)17(26)14(22)5-2-3-8-21;2*3-2(4,5)1(6)7/h6,9,13-14,23H,2-5,7-8,10-11,21-22H2,1H3,(H,27,28)(H,29,30);2*(H,6,7)/t13?,14-,20+;;/m0../s1. The number of halogens is 6. The number of aliphatic carboxylic acids is 4. The van der Waals surface area contributed by atoms with E-state index in [1.165, 1.54) is 0 Å². The third-order valence-electron chi connectivity index (χ3n) is 6.33. The molecule has 1 aromatic rings. The highest BCUT2D eigenvalue weighted by Crippen LogP contribution is 2.40. The molecule has 0 aromatic carbocycles. The summed E-state index contributed by atoms with van der Waals surface area (Å²) in [5.41, 5.74) is 10.3.